The Labute approximate surface area is 93.0 Å². The third kappa shape index (κ3) is 4.00. The van der Waals surface area contributed by atoms with Gasteiger partial charge < -0.3 is 20.0 Å². The van der Waals surface area contributed by atoms with Crippen LogP contribution in [-0.2, 0) is 9.59 Å². The molecule has 0 atom stereocenters. The molecule has 1 aromatic rings. The summed E-state index contributed by atoms with van der Waals surface area (Å²) in [5, 5.41) is 12.7. The maximum absolute atomic E-state index is 11.3. The van der Waals surface area contributed by atoms with Crippen LogP contribution in [0.1, 0.15) is 12.8 Å². The highest BCUT2D eigenvalue weighted by Crippen LogP contribution is 2.16. The molecule has 0 saturated heterocycles. The zero-order valence-corrected chi connectivity index (χ0v) is 8.86. The molecule has 0 saturated carbocycles. The Morgan fingerprint density at radius 1 is 1.38 bits per heavy atom. The minimum absolute atomic E-state index is 0.0977. The number of nitrogens with one attached hydrogen (secondary N) is 1. The summed E-state index contributed by atoms with van der Waals surface area (Å²) in [5.74, 6) is -0.976. The number of amides is 1. The molecule has 86 valence electrons. The van der Waals surface area contributed by atoms with Crippen molar-refractivity contribution in [2.45, 2.75) is 12.8 Å². The molecule has 0 bridgehead atoms. The number of rotatable bonds is 5. The summed E-state index contributed by atoms with van der Waals surface area (Å²) in [7, 11) is 1.52. The number of benzene rings is 1. The van der Waals surface area contributed by atoms with Crippen molar-refractivity contribution < 1.29 is 19.4 Å². The van der Waals surface area contributed by atoms with Crippen molar-refractivity contribution in [3.63, 3.8) is 0 Å². The van der Waals surface area contributed by atoms with Crippen LogP contribution in [0.25, 0.3) is 0 Å². The lowest BCUT2D eigenvalue weighted by atomic mass is 10.2. The molecule has 1 aromatic carbocycles. The Kier molecular flexibility index (Phi) is 4.32. The van der Waals surface area contributed by atoms with Gasteiger partial charge in [0.1, 0.15) is 5.75 Å². The first-order valence-electron chi connectivity index (χ1n) is 4.75. The number of anilines is 1. The highest BCUT2D eigenvalue weighted by atomic mass is 16.5. The zero-order valence-electron chi connectivity index (χ0n) is 8.86. The van der Waals surface area contributed by atoms with Crippen LogP contribution in [0, 0.1) is 0 Å². The topological polar surface area (TPSA) is 78.5 Å². The second-order valence-corrected chi connectivity index (χ2v) is 3.15. The van der Waals surface area contributed by atoms with Gasteiger partial charge in [0, 0.05) is 24.1 Å². The summed E-state index contributed by atoms with van der Waals surface area (Å²) in [6.07, 6.45) is -0.380. The molecule has 0 unspecified atom stereocenters. The van der Waals surface area contributed by atoms with Crippen LogP contribution < -0.4 is 15.2 Å². The normalized spacial score (nSPS) is 9.56. The van der Waals surface area contributed by atoms with Gasteiger partial charge in [0.25, 0.3) is 0 Å². The lowest BCUT2D eigenvalue weighted by Gasteiger charge is -2.07. The summed E-state index contributed by atoms with van der Waals surface area (Å²) in [6, 6.07) is 6.82. The van der Waals surface area contributed by atoms with Crippen LogP contribution in [0.3, 0.4) is 0 Å². The fraction of sp³-hybridized carbons (Fsp3) is 0.273. The number of ether oxygens (including phenoxy) is 1. The third-order valence-corrected chi connectivity index (χ3v) is 1.91. The van der Waals surface area contributed by atoms with Crippen LogP contribution in [0.2, 0.25) is 0 Å². The maximum atomic E-state index is 11.3. The number of carbonyl (C=O) groups is 2. The fourth-order valence-electron chi connectivity index (χ4n) is 1.14. The van der Waals surface area contributed by atoms with E-state index in [-0.39, 0.29) is 18.7 Å². The van der Waals surface area contributed by atoms with Gasteiger partial charge in [0.05, 0.1) is 7.11 Å². The summed E-state index contributed by atoms with van der Waals surface area (Å²) in [4.78, 5) is 21.4. The Hall–Kier alpha value is -2.04. The molecular formula is C11H12NO4-. The van der Waals surface area contributed by atoms with E-state index in [1.54, 1.807) is 24.3 Å². The van der Waals surface area contributed by atoms with E-state index in [2.05, 4.69) is 5.32 Å². The second-order valence-electron chi connectivity index (χ2n) is 3.15. The number of carbonyl (C=O) groups excluding carboxylic acids is 2. The van der Waals surface area contributed by atoms with Crippen molar-refractivity contribution >= 4 is 17.6 Å². The average Bonchev–Trinajstić information content (AvgIpc) is 2.26. The molecule has 5 nitrogen and oxygen atoms in total. The van der Waals surface area contributed by atoms with E-state index < -0.39 is 5.97 Å². The van der Waals surface area contributed by atoms with Gasteiger partial charge in [0.2, 0.25) is 5.91 Å². The van der Waals surface area contributed by atoms with Crippen LogP contribution in [0.5, 0.6) is 5.75 Å². The Balaban J connectivity index is 2.52. The van der Waals surface area contributed by atoms with E-state index in [1.807, 2.05) is 0 Å². The lowest BCUT2D eigenvalue weighted by molar-refractivity contribution is -0.305. The number of carboxylic acids is 1. The van der Waals surface area contributed by atoms with Crippen molar-refractivity contribution in [3.8, 4) is 5.75 Å². The van der Waals surface area contributed by atoms with E-state index >= 15 is 0 Å². The number of hydrogen-bond acceptors (Lipinski definition) is 4. The van der Waals surface area contributed by atoms with Gasteiger partial charge in [-0.15, -0.1) is 0 Å². The van der Waals surface area contributed by atoms with Gasteiger partial charge in [-0.1, -0.05) is 6.07 Å². The van der Waals surface area contributed by atoms with Crippen LogP contribution >= 0.6 is 0 Å². The van der Waals surface area contributed by atoms with E-state index in [0.717, 1.165) is 0 Å². The smallest absolute Gasteiger partial charge is 0.224 e. The van der Waals surface area contributed by atoms with Gasteiger partial charge >= 0.3 is 0 Å². The van der Waals surface area contributed by atoms with E-state index in [0.29, 0.717) is 11.4 Å². The summed E-state index contributed by atoms with van der Waals surface area (Å²) >= 11 is 0. The Morgan fingerprint density at radius 2 is 2.12 bits per heavy atom. The molecule has 0 fully saturated rings. The van der Waals surface area contributed by atoms with Crippen molar-refractivity contribution in [3.05, 3.63) is 24.3 Å². The minimum Gasteiger partial charge on any atom is -0.550 e. The van der Waals surface area contributed by atoms with Gasteiger partial charge in [-0.3, -0.25) is 4.79 Å². The first-order valence-corrected chi connectivity index (χ1v) is 4.75. The molecule has 16 heavy (non-hydrogen) atoms. The summed E-state index contributed by atoms with van der Waals surface area (Å²) < 4.78 is 4.98. The van der Waals surface area contributed by atoms with Crippen molar-refractivity contribution in [2.24, 2.45) is 0 Å². The van der Waals surface area contributed by atoms with Crippen LogP contribution in [0.15, 0.2) is 24.3 Å². The van der Waals surface area contributed by atoms with Crippen molar-refractivity contribution in [1.29, 1.82) is 0 Å². The molecule has 0 aromatic heterocycles. The molecule has 5 heteroatoms. The fourth-order valence-corrected chi connectivity index (χ4v) is 1.14. The number of carboxylic acid groups (broad SMARTS) is 1. The molecule has 0 radical (unpaired) electrons. The van der Waals surface area contributed by atoms with E-state index in [1.165, 1.54) is 7.11 Å². The highest BCUT2D eigenvalue weighted by molar-refractivity contribution is 5.92. The highest BCUT2D eigenvalue weighted by Gasteiger charge is 2.02. The SMILES string of the molecule is COc1cccc(NC(=O)CCC(=O)[O-])c1. The van der Waals surface area contributed by atoms with Crippen molar-refractivity contribution in [1.82, 2.24) is 0 Å². The Morgan fingerprint density at radius 3 is 2.75 bits per heavy atom. The van der Waals surface area contributed by atoms with E-state index in [9.17, 15) is 14.7 Å². The molecule has 1 rings (SSSR count). The molecule has 0 spiro atoms. The van der Waals surface area contributed by atoms with Gasteiger partial charge in [0.15, 0.2) is 0 Å². The lowest BCUT2D eigenvalue weighted by Crippen LogP contribution is -2.24. The first-order chi connectivity index (χ1) is 7.61. The molecule has 1 amide bonds. The van der Waals surface area contributed by atoms with Crippen LogP contribution in [-0.4, -0.2) is 19.0 Å². The van der Waals surface area contributed by atoms with Crippen molar-refractivity contribution in [2.75, 3.05) is 12.4 Å². The van der Waals surface area contributed by atoms with Gasteiger partial charge in [-0.25, -0.2) is 0 Å². The third-order valence-electron chi connectivity index (χ3n) is 1.91. The van der Waals surface area contributed by atoms with Gasteiger partial charge in [-0.05, 0) is 18.6 Å². The van der Waals surface area contributed by atoms with Crippen LogP contribution in [0.4, 0.5) is 5.69 Å². The molecular weight excluding hydrogens is 210 g/mol. The molecule has 0 aliphatic carbocycles. The summed E-state index contributed by atoms with van der Waals surface area (Å²) in [5.41, 5.74) is 0.572. The molecule has 0 heterocycles. The largest absolute Gasteiger partial charge is 0.550 e. The molecule has 1 N–H and O–H groups in total. The number of aliphatic carboxylic acids is 1. The molecule has 0 aliphatic heterocycles. The average molecular weight is 222 g/mol. The Bertz CT molecular complexity index is 389. The number of methoxy groups -OCH3 is 1. The maximum Gasteiger partial charge on any atom is 0.224 e. The second kappa shape index (κ2) is 5.75. The minimum atomic E-state index is -1.24. The standard InChI is InChI=1S/C11H13NO4/c1-16-9-4-2-3-8(7-9)12-10(13)5-6-11(14)15/h2-4,7H,5-6H2,1H3,(H,12,13)(H,14,15)/p-1. The van der Waals surface area contributed by atoms with E-state index in [4.69, 9.17) is 4.74 Å². The first kappa shape index (κ1) is 12.0. The number of hydrogen-bond donors (Lipinski definition) is 1. The molecule has 0 aliphatic rings. The monoisotopic (exact) mass is 222 g/mol. The van der Waals surface area contributed by atoms with Gasteiger partial charge in [-0.2, -0.15) is 0 Å². The zero-order chi connectivity index (χ0) is 12.0. The quantitative estimate of drug-likeness (QED) is 0.769. The summed E-state index contributed by atoms with van der Waals surface area (Å²) in [6.45, 7) is 0. The predicted molar refractivity (Wildman–Crippen MR) is 55.9 cm³/mol. The predicted octanol–water partition coefficient (Wildman–Crippen LogP) is 0.164.